The van der Waals surface area contributed by atoms with E-state index in [9.17, 15) is 5.11 Å². The largest absolute Gasteiger partial charge is 0.506 e. The molecule has 2 aromatic heterocycles. The maximum Gasteiger partial charge on any atom is 0.151 e. The molecule has 164 valence electrons. The van der Waals surface area contributed by atoms with Crippen molar-refractivity contribution < 1.29 is 5.11 Å². The molecule has 0 atom stereocenters. The van der Waals surface area contributed by atoms with Gasteiger partial charge in [-0.25, -0.2) is 0 Å². The Morgan fingerprint density at radius 1 is 1.10 bits per heavy atom. The molecule has 1 aliphatic heterocycles. The molecule has 0 unspecified atom stereocenters. The van der Waals surface area contributed by atoms with Crippen LogP contribution in [0.4, 0.5) is 5.82 Å². The van der Waals surface area contributed by atoms with Gasteiger partial charge in [0.15, 0.2) is 5.82 Å². The Labute approximate surface area is 192 Å². The van der Waals surface area contributed by atoms with Crippen LogP contribution in [0.15, 0.2) is 34.9 Å². The normalized spacial score (nSPS) is 18.3. The molecular formula is C24H30BrN5O. The van der Waals surface area contributed by atoms with Crippen LogP contribution in [-0.4, -0.2) is 44.5 Å². The van der Waals surface area contributed by atoms with Gasteiger partial charge in [0, 0.05) is 41.3 Å². The number of rotatable bonds is 3. The van der Waals surface area contributed by atoms with Crippen LogP contribution in [-0.2, 0) is 0 Å². The van der Waals surface area contributed by atoms with Crippen molar-refractivity contribution in [3.8, 4) is 17.0 Å². The van der Waals surface area contributed by atoms with E-state index in [2.05, 4.69) is 76.1 Å². The first-order valence-corrected chi connectivity index (χ1v) is 11.4. The fourth-order valence-corrected chi connectivity index (χ4v) is 5.43. The molecule has 2 N–H and O–H groups in total. The number of nitrogens with zero attached hydrogens (tertiary/aromatic N) is 4. The molecule has 1 saturated heterocycles. The highest BCUT2D eigenvalue weighted by Crippen LogP contribution is 2.40. The number of hydrogen-bond donors (Lipinski definition) is 2. The molecule has 3 aromatic rings. The number of nitrogens with one attached hydrogen (secondary N) is 1. The molecule has 1 fully saturated rings. The van der Waals surface area contributed by atoms with E-state index in [4.69, 9.17) is 0 Å². The zero-order chi connectivity index (χ0) is 22.6. The van der Waals surface area contributed by atoms with E-state index >= 15 is 0 Å². The SMILES string of the molecule is Cc1cnc2cc(-c3ccc(N(C)C4CC(C)(C)NC(C)(C)C4)nn3)c(O)c(Br)c2c1. The van der Waals surface area contributed by atoms with Gasteiger partial charge in [0.25, 0.3) is 0 Å². The van der Waals surface area contributed by atoms with Crippen molar-refractivity contribution in [2.75, 3.05) is 11.9 Å². The monoisotopic (exact) mass is 483 g/mol. The van der Waals surface area contributed by atoms with Crippen LogP contribution in [0.2, 0.25) is 0 Å². The van der Waals surface area contributed by atoms with E-state index < -0.39 is 0 Å². The van der Waals surface area contributed by atoms with Crippen LogP contribution in [0, 0.1) is 6.92 Å². The Morgan fingerprint density at radius 3 is 2.39 bits per heavy atom. The van der Waals surface area contributed by atoms with Crippen molar-refractivity contribution in [1.82, 2.24) is 20.5 Å². The highest BCUT2D eigenvalue weighted by atomic mass is 79.9. The van der Waals surface area contributed by atoms with Gasteiger partial charge in [-0.15, -0.1) is 10.2 Å². The summed E-state index contributed by atoms with van der Waals surface area (Å²) in [5, 5.41) is 24.3. The van der Waals surface area contributed by atoms with Crippen LogP contribution in [0.5, 0.6) is 5.75 Å². The quantitative estimate of drug-likeness (QED) is 0.532. The van der Waals surface area contributed by atoms with Gasteiger partial charge < -0.3 is 15.3 Å². The van der Waals surface area contributed by atoms with Gasteiger partial charge in [0.2, 0.25) is 0 Å². The number of phenolic OH excluding ortho intramolecular Hbond substituents is 1. The van der Waals surface area contributed by atoms with E-state index in [-0.39, 0.29) is 16.8 Å². The highest BCUT2D eigenvalue weighted by molar-refractivity contribution is 9.10. The first kappa shape index (κ1) is 22.0. The molecule has 31 heavy (non-hydrogen) atoms. The molecular weight excluding hydrogens is 454 g/mol. The maximum atomic E-state index is 10.8. The van der Waals surface area contributed by atoms with Gasteiger partial charge in [-0.1, -0.05) is 0 Å². The number of aryl methyl sites for hydroxylation is 1. The lowest BCUT2D eigenvalue weighted by atomic mass is 9.79. The first-order chi connectivity index (χ1) is 14.5. The molecule has 1 aromatic carbocycles. The Bertz CT molecular complexity index is 1110. The van der Waals surface area contributed by atoms with Crippen LogP contribution in [0.25, 0.3) is 22.2 Å². The van der Waals surface area contributed by atoms with Crippen molar-refractivity contribution in [2.45, 2.75) is 64.6 Å². The second-order valence-electron chi connectivity index (χ2n) is 10.0. The van der Waals surface area contributed by atoms with Gasteiger partial charge in [-0.05, 0) is 93.2 Å². The average Bonchev–Trinajstić information content (AvgIpc) is 2.68. The molecule has 0 radical (unpaired) electrons. The lowest BCUT2D eigenvalue weighted by Gasteiger charge is -2.49. The molecule has 0 bridgehead atoms. The summed E-state index contributed by atoms with van der Waals surface area (Å²) in [6.45, 7) is 11.0. The molecule has 1 aliphatic rings. The van der Waals surface area contributed by atoms with Gasteiger partial charge in [0.05, 0.1) is 15.7 Å². The summed E-state index contributed by atoms with van der Waals surface area (Å²) in [5.74, 6) is 0.979. The average molecular weight is 484 g/mol. The van der Waals surface area contributed by atoms with Crippen LogP contribution >= 0.6 is 15.9 Å². The second-order valence-corrected chi connectivity index (χ2v) is 10.8. The van der Waals surface area contributed by atoms with E-state index in [0.717, 1.165) is 35.1 Å². The van der Waals surface area contributed by atoms with Crippen molar-refractivity contribution in [3.05, 3.63) is 40.5 Å². The van der Waals surface area contributed by atoms with Crippen molar-refractivity contribution in [1.29, 1.82) is 0 Å². The molecule has 0 aliphatic carbocycles. The summed E-state index contributed by atoms with van der Waals surface area (Å²) in [4.78, 5) is 6.72. The smallest absolute Gasteiger partial charge is 0.151 e. The molecule has 0 amide bonds. The van der Waals surface area contributed by atoms with E-state index in [1.165, 1.54) is 0 Å². The summed E-state index contributed by atoms with van der Waals surface area (Å²) < 4.78 is 0.623. The number of anilines is 1. The number of fused-ring (bicyclic) bond motifs is 1. The predicted molar refractivity (Wildman–Crippen MR) is 130 cm³/mol. The lowest BCUT2D eigenvalue weighted by molar-refractivity contribution is 0.160. The Hall–Kier alpha value is -2.25. The van der Waals surface area contributed by atoms with Crippen molar-refractivity contribution >= 4 is 32.7 Å². The molecule has 7 heteroatoms. The third-order valence-electron chi connectivity index (χ3n) is 6.04. The van der Waals surface area contributed by atoms with Gasteiger partial charge in [-0.2, -0.15) is 0 Å². The minimum absolute atomic E-state index is 0.0581. The zero-order valence-electron chi connectivity index (χ0n) is 19.0. The molecule has 0 spiro atoms. The summed E-state index contributed by atoms with van der Waals surface area (Å²) in [7, 11) is 2.09. The minimum Gasteiger partial charge on any atom is -0.506 e. The van der Waals surface area contributed by atoms with E-state index in [0.29, 0.717) is 21.8 Å². The zero-order valence-corrected chi connectivity index (χ0v) is 20.6. The lowest BCUT2D eigenvalue weighted by Crippen LogP contribution is -2.62. The number of halogens is 1. The van der Waals surface area contributed by atoms with Crippen LogP contribution < -0.4 is 10.2 Å². The maximum absolute atomic E-state index is 10.8. The highest BCUT2D eigenvalue weighted by Gasteiger charge is 2.39. The second kappa shape index (κ2) is 7.71. The van der Waals surface area contributed by atoms with Crippen molar-refractivity contribution in [3.63, 3.8) is 0 Å². The van der Waals surface area contributed by atoms with Crippen LogP contribution in [0.3, 0.4) is 0 Å². The number of phenols is 1. The third kappa shape index (κ3) is 4.39. The third-order valence-corrected chi connectivity index (χ3v) is 6.84. The van der Waals surface area contributed by atoms with E-state index in [1.54, 1.807) is 0 Å². The predicted octanol–water partition coefficient (Wildman–Crippen LogP) is 5.21. The Balaban J connectivity index is 1.64. The standard InChI is InChI=1S/C24H30BrN5O/c1-14-9-16-19(26-13-14)10-17(22(31)21(16)25)18-7-8-20(28-27-18)30(6)15-11-23(2,3)29-24(4,5)12-15/h7-10,13,15,29,31H,11-12H2,1-6H3. The number of aromatic hydroxyl groups is 1. The molecule has 6 nitrogen and oxygen atoms in total. The van der Waals surface area contributed by atoms with E-state index in [1.807, 2.05) is 37.4 Å². The summed E-state index contributed by atoms with van der Waals surface area (Å²) in [6, 6.07) is 8.12. The summed E-state index contributed by atoms with van der Waals surface area (Å²) >= 11 is 3.52. The molecule has 0 saturated carbocycles. The number of piperidine rings is 1. The first-order valence-electron chi connectivity index (χ1n) is 10.6. The van der Waals surface area contributed by atoms with Gasteiger partial charge >= 0.3 is 0 Å². The fraction of sp³-hybridized carbons (Fsp3) is 0.458. The van der Waals surface area contributed by atoms with Gasteiger partial charge in [0.1, 0.15) is 5.75 Å². The molecule has 3 heterocycles. The summed E-state index contributed by atoms with van der Waals surface area (Å²) in [6.07, 6.45) is 3.88. The summed E-state index contributed by atoms with van der Waals surface area (Å²) in [5.41, 5.74) is 3.18. The van der Waals surface area contributed by atoms with Crippen molar-refractivity contribution in [2.24, 2.45) is 0 Å². The Morgan fingerprint density at radius 2 is 1.77 bits per heavy atom. The topological polar surface area (TPSA) is 74.2 Å². The minimum atomic E-state index is 0.0581. The number of aromatic nitrogens is 3. The number of benzene rings is 1. The number of hydrogen-bond acceptors (Lipinski definition) is 6. The fourth-order valence-electron chi connectivity index (χ4n) is 4.90. The molecule has 4 rings (SSSR count). The van der Waals surface area contributed by atoms with Gasteiger partial charge in [-0.3, -0.25) is 4.98 Å². The Kier molecular flexibility index (Phi) is 5.46. The van der Waals surface area contributed by atoms with Crippen LogP contribution in [0.1, 0.15) is 46.1 Å². The number of pyridine rings is 1.